The van der Waals surface area contributed by atoms with Crippen molar-refractivity contribution in [2.24, 2.45) is 0 Å². The molecule has 0 aromatic heterocycles. The zero-order valence-corrected chi connectivity index (χ0v) is 11.4. The minimum atomic E-state index is 0.395. The van der Waals surface area contributed by atoms with Crippen LogP contribution in [0.2, 0.25) is 0 Å². The molecule has 0 saturated carbocycles. The van der Waals surface area contributed by atoms with Gasteiger partial charge in [-0.15, -0.1) is 11.8 Å². The number of nitrogens with one attached hydrogen (secondary N) is 1. The molecule has 0 spiro atoms. The largest absolute Gasteiger partial charge is 0.383 e. The van der Waals surface area contributed by atoms with E-state index in [9.17, 15) is 0 Å². The molecule has 4 heteroatoms. The molecule has 1 unspecified atom stereocenters. The van der Waals surface area contributed by atoms with Crippen molar-refractivity contribution < 1.29 is 4.74 Å². The lowest BCUT2D eigenvalue weighted by atomic mass is 10.4. The summed E-state index contributed by atoms with van der Waals surface area (Å²) in [5.74, 6) is 1.01. The maximum atomic E-state index is 5.13. The van der Waals surface area contributed by atoms with Crippen LogP contribution in [0.4, 0.5) is 0 Å². The Morgan fingerprint density at radius 1 is 1.47 bits per heavy atom. The Morgan fingerprint density at radius 2 is 2.20 bits per heavy atom. The number of benzene rings is 1. The van der Waals surface area contributed by atoms with Crippen molar-refractivity contribution in [2.45, 2.75) is 10.9 Å². The van der Waals surface area contributed by atoms with Crippen LogP contribution in [0.5, 0.6) is 0 Å². The normalized spacial score (nSPS) is 12.7. The van der Waals surface area contributed by atoms with E-state index in [1.807, 2.05) is 24.9 Å². The van der Waals surface area contributed by atoms with Gasteiger partial charge in [0.2, 0.25) is 0 Å². The molecule has 1 aromatic carbocycles. The van der Waals surface area contributed by atoms with E-state index >= 15 is 0 Å². The molecule has 2 nitrogen and oxygen atoms in total. The van der Waals surface area contributed by atoms with Crippen LogP contribution in [-0.2, 0) is 4.74 Å². The van der Waals surface area contributed by atoms with E-state index in [0.29, 0.717) is 6.04 Å². The Morgan fingerprint density at radius 3 is 2.80 bits per heavy atom. The zero-order valence-electron chi connectivity index (χ0n) is 9.00. The molecular formula is C11H16BrNOS. The van der Waals surface area contributed by atoms with Crippen LogP contribution >= 0.6 is 27.7 Å². The highest BCUT2D eigenvalue weighted by Crippen LogP contribution is 2.27. The van der Waals surface area contributed by atoms with Crippen LogP contribution in [0.15, 0.2) is 33.6 Å². The van der Waals surface area contributed by atoms with E-state index in [4.69, 9.17) is 4.74 Å². The lowest BCUT2D eigenvalue weighted by Crippen LogP contribution is -2.32. The molecule has 0 radical (unpaired) electrons. The van der Waals surface area contributed by atoms with E-state index in [1.165, 1.54) is 4.90 Å². The fraction of sp³-hybridized carbons (Fsp3) is 0.455. The standard InChI is InChI=1S/C11H16BrNOS/c1-13-9(7-14-2)8-15-11-6-4-3-5-10(11)12/h3-6,9,13H,7-8H2,1-2H3. The van der Waals surface area contributed by atoms with Crippen molar-refractivity contribution in [3.8, 4) is 0 Å². The molecule has 0 heterocycles. The highest BCUT2D eigenvalue weighted by molar-refractivity contribution is 9.10. The maximum absolute atomic E-state index is 5.13. The topological polar surface area (TPSA) is 21.3 Å². The highest BCUT2D eigenvalue weighted by atomic mass is 79.9. The Labute approximate surface area is 104 Å². The number of halogens is 1. The Balaban J connectivity index is 2.45. The van der Waals surface area contributed by atoms with E-state index in [-0.39, 0.29) is 0 Å². The molecule has 0 fully saturated rings. The third kappa shape index (κ3) is 4.55. The second-order valence-corrected chi connectivity index (χ2v) is 5.10. The van der Waals surface area contributed by atoms with Crippen molar-refractivity contribution in [2.75, 3.05) is 26.5 Å². The van der Waals surface area contributed by atoms with Crippen molar-refractivity contribution in [1.82, 2.24) is 5.32 Å². The number of hydrogen-bond acceptors (Lipinski definition) is 3. The molecule has 0 aliphatic rings. The van der Waals surface area contributed by atoms with E-state index in [1.54, 1.807) is 7.11 Å². The summed E-state index contributed by atoms with van der Waals surface area (Å²) in [4.78, 5) is 1.27. The first-order valence-corrected chi connectivity index (χ1v) is 6.59. The second-order valence-electron chi connectivity index (χ2n) is 3.18. The van der Waals surface area contributed by atoms with Gasteiger partial charge in [0, 0.05) is 28.3 Å². The van der Waals surface area contributed by atoms with Crippen LogP contribution in [0.25, 0.3) is 0 Å². The Bertz CT molecular complexity index is 296. The zero-order chi connectivity index (χ0) is 11.1. The van der Waals surface area contributed by atoms with Gasteiger partial charge < -0.3 is 10.1 Å². The van der Waals surface area contributed by atoms with Crippen LogP contribution in [0, 0.1) is 0 Å². The van der Waals surface area contributed by atoms with E-state index < -0.39 is 0 Å². The first-order chi connectivity index (χ1) is 7.27. The van der Waals surface area contributed by atoms with Gasteiger partial charge in [-0.2, -0.15) is 0 Å². The molecule has 0 amide bonds. The molecular weight excluding hydrogens is 274 g/mol. The molecule has 0 aliphatic carbocycles. The lowest BCUT2D eigenvalue weighted by molar-refractivity contribution is 0.177. The second kappa shape index (κ2) is 7.28. The molecule has 0 bridgehead atoms. The number of rotatable bonds is 6. The predicted octanol–water partition coefficient (Wildman–Crippen LogP) is 2.78. The summed E-state index contributed by atoms with van der Waals surface area (Å²) in [6, 6.07) is 8.66. The van der Waals surface area contributed by atoms with E-state index in [2.05, 4.69) is 39.4 Å². The number of ether oxygens (including phenoxy) is 1. The SMILES string of the molecule is CNC(COC)CSc1ccccc1Br. The van der Waals surface area contributed by atoms with Gasteiger partial charge in [0.1, 0.15) is 0 Å². The van der Waals surface area contributed by atoms with Gasteiger partial charge >= 0.3 is 0 Å². The van der Waals surface area contributed by atoms with Gasteiger partial charge in [-0.05, 0) is 35.1 Å². The smallest absolute Gasteiger partial charge is 0.0623 e. The van der Waals surface area contributed by atoms with Crippen molar-refractivity contribution in [1.29, 1.82) is 0 Å². The van der Waals surface area contributed by atoms with Gasteiger partial charge in [0.25, 0.3) is 0 Å². The van der Waals surface area contributed by atoms with Crippen molar-refractivity contribution >= 4 is 27.7 Å². The first kappa shape index (κ1) is 13.0. The molecule has 84 valence electrons. The summed E-state index contributed by atoms with van der Waals surface area (Å²) in [5.41, 5.74) is 0. The lowest BCUT2D eigenvalue weighted by Gasteiger charge is -2.14. The Kier molecular flexibility index (Phi) is 6.32. The van der Waals surface area contributed by atoms with E-state index in [0.717, 1.165) is 16.8 Å². The Hall–Kier alpha value is -0.0300. The monoisotopic (exact) mass is 289 g/mol. The van der Waals surface area contributed by atoms with Crippen LogP contribution < -0.4 is 5.32 Å². The average molecular weight is 290 g/mol. The molecule has 0 aliphatic heterocycles. The van der Waals surface area contributed by atoms with Gasteiger partial charge in [-0.25, -0.2) is 0 Å². The van der Waals surface area contributed by atoms with Gasteiger partial charge in [-0.3, -0.25) is 0 Å². The average Bonchev–Trinajstić information content (AvgIpc) is 2.26. The molecule has 1 aromatic rings. The predicted molar refractivity (Wildman–Crippen MR) is 69.6 cm³/mol. The summed E-state index contributed by atoms with van der Waals surface area (Å²) in [6.45, 7) is 0.744. The fourth-order valence-electron chi connectivity index (χ4n) is 1.17. The number of hydrogen-bond donors (Lipinski definition) is 1. The maximum Gasteiger partial charge on any atom is 0.0623 e. The number of thioether (sulfide) groups is 1. The quantitative estimate of drug-likeness (QED) is 0.814. The third-order valence-corrected chi connectivity index (χ3v) is 4.24. The van der Waals surface area contributed by atoms with Crippen LogP contribution in [0.3, 0.4) is 0 Å². The molecule has 1 rings (SSSR count). The minimum absolute atomic E-state index is 0.395. The highest BCUT2D eigenvalue weighted by Gasteiger charge is 2.07. The van der Waals surface area contributed by atoms with Gasteiger partial charge in [0.05, 0.1) is 6.61 Å². The summed E-state index contributed by atoms with van der Waals surface area (Å²) in [5, 5.41) is 3.23. The van der Waals surface area contributed by atoms with Gasteiger partial charge in [-0.1, -0.05) is 12.1 Å². The third-order valence-electron chi connectivity index (χ3n) is 2.05. The molecule has 1 N–H and O–H groups in total. The summed E-state index contributed by atoms with van der Waals surface area (Å²) >= 11 is 5.37. The molecule has 1 atom stereocenters. The van der Waals surface area contributed by atoms with Crippen molar-refractivity contribution in [3.63, 3.8) is 0 Å². The number of methoxy groups -OCH3 is 1. The summed E-state index contributed by atoms with van der Waals surface area (Å²) in [6.07, 6.45) is 0. The fourth-order valence-corrected chi connectivity index (χ4v) is 2.82. The van der Waals surface area contributed by atoms with Crippen LogP contribution in [0.1, 0.15) is 0 Å². The summed E-state index contributed by atoms with van der Waals surface area (Å²) in [7, 11) is 3.69. The molecule has 0 saturated heterocycles. The molecule has 15 heavy (non-hydrogen) atoms. The van der Waals surface area contributed by atoms with Crippen LogP contribution in [-0.4, -0.2) is 32.6 Å². The first-order valence-electron chi connectivity index (χ1n) is 4.81. The van der Waals surface area contributed by atoms with Crippen molar-refractivity contribution in [3.05, 3.63) is 28.7 Å². The summed E-state index contributed by atoms with van der Waals surface area (Å²) < 4.78 is 6.28. The minimum Gasteiger partial charge on any atom is -0.383 e. The van der Waals surface area contributed by atoms with Gasteiger partial charge in [0.15, 0.2) is 0 Å². The number of likely N-dealkylation sites (N-methyl/N-ethyl adjacent to an activating group) is 1.